The molecule has 134 valence electrons. The number of esters is 1. The van der Waals surface area contributed by atoms with Crippen LogP contribution in [-0.4, -0.2) is 37.1 Å². The molecular formula is C20H26N2O3. The lowest BCUT2D eigenvalue weighted by molar-refractivity contribution is -0.143. The van der Waals surface area contributed by atoms with Crippen molar-refractivity contribution < 1.29 is 14.3 Å². The van der Waals surface area contributed by atoms with Crippen LogP contribution in [0.5, 0.6) is 0 Å². The number of nitrogens with one attached hydrogen (secondary N) is 1. The van der Waals surface area contributed by atoms with E-state index < -0.39 is 0 Å². The van der Waals surface area contributed by atoms with E-state index >= 15 is 0 Å². The fraction of sp³-hybridized carbons (Fsp3) is 0.600. The number of carbonyl (C=O) groups excluding carboxylic acids is 2. The van der Waals surface area contributed by atoms with Crippen molar-refractivity contribution in [2.24, 2.45) is 11.3 Å². The summed E-state index contributed by atoms with van der Waals surface area (Å²) in [4.78, 5) is 25.9. The van der Waals surface area contributed by atoms with Gasteiger partial charge in [0.05, 0.1) is 13.0 Å². The second-order valence-electron chi connectivity index (χ2n) is 7.80. The maximum atomic E-state index is 12.4. The van der Waals surface area contributed by atoms with E-state index in [0.717, 1.165) is 43.8 Å². The minimum Gasteiger partial charge on any atom is -0.469 e. The smallest absolute Gasteiger partial charge is 0.317 e. The fourth-order valence-corrected chi connectivity index (χ4v) is 4.14. The minimum absolute atomic E-state index is 0.00334. The van der Waals surface area contributed by atoms with Crippen LogP contribution in [0.2, 0.25) is 0 Å². The number of rotatable bonds is 4. The number of benzene rings is 1. The first-order valence-corrected chi connectivity index (χ1v) is 9.31. The van der Waals surface area contributed by atoms with Crippen LogP contribution >= 0.6 is 0 Å². The number of methoxy groups -OCH3 is 1. The molecule has 1 N–H and O–H groups in total. The zero-order valence-electron chi connectivity index (χ0n) is 14.8. The summed E-state index contributed by atoms with van der Waals surface area (Å²) in [6, 6.07) is 8.60. The molecule has 1 atom stereocenters. The number of ether oxygens (including phenoxy) is 1. The van der Waals surface area contributed by atoms with Crippen LogP contribution in [-0.2, 0) is 16.1 Å². The van der Waals surface area contributed by atoms with Crippen LogP contribution in [0, 0.1) is 11.3 Å². The topological polar surface area (TPSA) is 58.6 Å². The predicted molar refractivity (Wildman–Crippen MR) is 94.0 cm³/mol. The van der Waals surface area contributed by atoms with E-state index in [1.165, 1.54) is 25.5 Å². The predicted octanol–water partition coefficient (Wildman–Crippen LogP) is 3.05. The number of likely N-dealkylation sites (tertiary alicyclic amines) is 1. The standard InChI is InChI=1S/C20H26N2O3/c1-25-18(23)17-12-20(17)8-10-22(11-9-20)19(24)21-13-14-2-4-15(5-3-14)16-6-7-16/h2-5,16-17H,6-13H2,1H3,(H,21,24)/t17-/m1/s1. The maximum absolute atomic E-state index is 12.4. The van der Waals surface area contributed by atoms with Crippen molar-refractivity contribution in [2.75, 3.05) is 20.2 Å². The zero-order valence-corrected chi connectivity index (χ0v) is 14.8. The molecule has 0 radical (unpaired) electrons. The van der Waals surface area contributed by atoms with E-state index in [0.29, 0.717) is 6.54 Å². The number of hydrogen-bond acceptors (Lipinski definition) is 3. The second kappa shape index (κ2) is 6.36. The van der Waals surface area contributed by atoms with Gasteiger partial charge in [-0.05, 0) is 54.6 Å². The molecule has 0 aromatic heterocycles. The zero-order chi connectivity index (χ0) is 17.4. The lowest BCUT2D eigenvalue weighted by Gasteiger charge is -2.32. The van der Waals surface area contributed by atoms with Crippen molar-refractivity contribution >= 4 is 12.0 Å². The van der Waals surface area contributed by atoms with Crippen molar-refractivity contribution in [1.29, 1.82) is 0 Å². The van der Waals surface area contributed by atoms with Crippen LogP contribution in [0.3, 0.4) is 0 Å². The number of carbonyl (C=O) groups is 2. The molecule has 2 saturated carbocycles. The highest BCUT2D eigenvalue weighted by molar-refractivity contribution is 5.77. The Balaban J connectivity index is 1.23. The summed E-state index contributed by atoms with van der Waals surface area (Å²) >= 11 is 0. The van der Waals surface area contributed by atoms with Crippen LogP contribution in [0.15, 0.2) is 24.3 Å². The van der Waals surface area contributed by atoms with E-state index in [2.05, 4.69) is 29.6 Å². The van der Waals surface area contributed by atoms with E-state index in [1.807, 2.05) is 4.90 Å². The van der Waals surface area contributed by atoms with Crippen LogP contribution < -0.4 is 5.32 Å². The Morgan fingerprint density at radius 2 is 1.88 bits per heavy atom. The van der Waals surface area contributed by atoms with Crippen molar-refractivity contribution in [3.8, 4) is 0 Å². The van der Waals surface area contributed by atoms with Gasteiger partial charge in [0.15, 0.2) is 0 Å². The Hall–Kier alpha value is -2.04. The molecule has 1 saturated heterocycles. The van der Waals surface area contributed by atoms with Gasteiger partial charge in [-0.25, -0.2) is 4.79 Å². The molecular weight excluding hydrogens is 316 g/mol. The monoisotopic (exact) mass is 342 g/mol. The number of hydrogen-bond donors (Lipinski definition) is 1. The van der Waals surface area contributed by atoms with Gasteiger partial charge < -0.3 is 15.0 Å². The molecule has 3 aliphatic rings. The van der Waals surface area contributed by atoms with Gasteiger partial charge in [0.25, 0.3) is 0 Å². The van der Waals surface area contributed by atoms with Crippen LogP contribution in [0.1, 0.15) is 49.1 Å². The molecule has 1 spiro atoms. The van der Waals surface area contributed by atoms with Crippen LogP contribution in [0.25, 0.3) is 0 Å². The average molecular weight is 342 g/mol. The second-order valence-corrected chi connectivity index (χ2v) is 7.80. The third-order valence-electron chi connectivity index (χ3n) is 6.19. The molecule has 3 fully saturated rings. The molecule has 5 heteroatoms. The van der Waals surface area contributed by atoms with E-state index in [4.69, 9.17) is 4.74 Å². The molecule has 2 aliphatic carbocycles. The number of piperidine rings is 1. The Labute approximate surface area is 148 Å². The quantitative estimate of drug-likeness (QED) is 0.856. The van der Waals surface area contributed by atoms with Crippen molar-refractivity contribution in [3.63, 3.8) is 0 Å². The summed E-state index contributed by atoms with van der Waals surface area (Å²) < 4.78 is 4.86. The SMILES string of the molecule is COC(=O)[C@H]1CC12CCN(C(=O)NCc1ccc(C3CC3)cc1)CC2. The summed E-state index contributed by atoms with van der Waals surface area (Å²) in [5.74, 6) is 0.723. The Morgan fingerprint density at radius 3 is 2.48 bits per heavy atom. The maximum Gasteiger partial charge on any atom is 0.317 e. The van der Waals surface area contributed by atoms with E-state index in [9.17, 15) is 9.59 Å². The highest BCUT2D eigenvalue weighted by Gasteiger charge is 2.59. The Kier molecular flexibility index (Phi) is 4.18. The molecule has 1 aromatic rings. The third-order valence-corrected chi connectivity index (χ3v) is 6.19. The Morgan fingerprint density at radius 1 is 1.20 bits per heavy atom. The summed E-state index contributed by atoms with van der Waals surface area (Å²) in [5.41, 5.74) is 2.66. The molecule has 1 aliphatic heterocycles. The van der Waals surface area contributed by atoms with Gasteiger partial charge in [0.1, 0.15) is 0 Å². The molecule has 4 rings (SSSR count). The average Bonchev–Trinajstić information content (AvgIpc) is 3.56. The number of nitrogens with zero attached hydrogens (tertiary/aromatic N) is 1. The molecule has 1 heterocycles. The molecule has 5 nitrogen and oxygen atoms in total. The van der Waals surface area contributed by atoms with E-state index in [1.54, 1.807) is 0 Å². The van der Waals surface area contributed by atoms with Crippen molar-refractivity contribution in [1.82, 2.24) is 10.2 Å². The Bertz CT molecular complexity index is 658. The normalized spacial score (nSPS) is 24.0. The fourth-order valence-electron chi connectivity index (χ4n) is 4.14. The first kappa shape index (κ1) is 16.4. The van der Waals surface area contributed by atoms with Crippen LogP contribution in [0.4, 0.5) is 4.79 Å². The van der Waals surface area contributed by atoms with Gasteiger partial charge in [0.2, 0.25) is 0 Å². The lowest BCUT2D eigenvalue weighted by Crippen LogP contribution is -2.45. The molecule has 25 heavy (non-hydrogen) atoms. The van der Waals surface area contributed by atoms with Gasteiger partial charge in [-0.3, -0.25) is 4.79 Å². The lowest BCUT2D eigenvalue weighted by atomic mass is 9.91. The number of amides is 2. The highest BCUT2D eigenvalue weighted by Crippen LogP contribution is 2.59. The minimum atomic E-state index is -0.0902. The first-order chi connectivity index (χ1) is 12.1. The summed E-state index contributed by atoms with van der Waals surface area (Å²) in [6.45, 7) is 2.01. The van der Waals surface area contributed by atoms with Crippen molar-refractivity contribution in [2.45, 2.75) is 44.6 Å². The van der Waals surface area contributed by atoms with Gasteiger partial charge in [-0.15, -0.1) is 0 Å². The largest absolute Gasteiger partial charge is 0.469 e. The summed E-state index contributed by atoms with van der Waals surface area (Å²) in [6.07, 6.45) is 5.34. The molecule has 1 aromatic carbocycles. The van der Waals surface area contributed by atoms with Gasteiger partial charge in [-0.1, -0.05) is 24.3 Å². The van der Waals surface area contributed by atoms with E-state index in [-0.39, 0.29) is 23.3 Å². The summed E-state index contributed by atoms with van der Waals surface area (Å²) in [7, 11) is 1.45. The number of urea groups is 1. The van der Waals surface area contributed by atoms with Gasteiger partial charge >= 0.3 is 12.0 Å². The summed E-state index contributed by atoms with van der Waals surface area (Å²) in [5, 5.41) is 3.02. The highest BCUT2D eigenvalue weighted by atomic mass is 16.5. The molecule has 0 unspecified atom stereocenters. The molecule has 0 bridgehead atoms. The molecule has 2 amide bonds. The third kappa shape index (κ3) is 3.37. The van der Waals surface area contributed by atoms with Gasteiger partial charge in [0, 0.05) is 19.6 Å². The first-order valence-electron chi connectivity index (χ1n) is 9.31. The van der Waals surface area contributed by atoms with Gasteiger partial charge in [-0.2, -0.15) is 0 Å². The van der Waals surface area contributed by atoms with Crippen molar-refractivity contribution in [3.05, 3.63) is 35.4 Å².